The summed E-state index contributed by atoms with van der Waals surface area (Å²) in [6.45, 7) is 4.49. The molecule has 0 aromatic rings. The molecule has 2 unspecified atom stereocenters. The van der Waals surface area contributed by atoms with E-state index in [0.29, 0.717) is 12.5 Å². The minimum Gasteiger partial charge on any atom is -0.396 e. The number of ether oxygens (including phenoxy) is 1. The Hall–Kier alpha value is -0.160. The van der Waals surface area contributed by atoms with Crippen molar-refractivity contribution in [3.8, 4) is 0 Å². The van der Waals surface area contributed by atoms with Crippen LogP contribution >= 0.6 is 0 Å². The van der Waals surface area contributed by atoms with Crippen molar-refractivity contribution in [3.05, 3.63) is 0 Å². The lowest BCUT2D eigenvalue weighted by Crippen LogP contribution is -2.40. The summed E-state index contributed by atoms with van der Waals surface area (Å²) in [6, 6.07) is 0.0564. The second kappa shape index (κ2) is 7.26. The number of rotatable bonds is 7. The van der Waals surface area contributed by atoms with E-state index in [2.05, 4.69) is 4.90 Å². The maximum Gasteiger partial charge on any atom is 0.0626 e. The van der Waals surface area contributed by atoms with Gasteiger partial charge in [-0.15, -0.1) is 0 Å². The number of nitrogens with zero attached hydrogens (tertiary/aromatic N) is 1. The molecule has 0 aliphatic heterocycles. The summed E-state index contributed by atoms with van der Waals surface area (Å²) in [5.41, 5.74) is 5.77. The van der Waals surface area contributed by atoms with Crippen molar-refractivity contribution in [1.29, 1.82) is 0 Å². The van der Waals surface area contributed by atoms with E-state index < -0.39 is 0 Å². The Morgan fingerprint density at radius 3 is 2.54 bits per heavy atom. The van der Waals surface area contributed by atoms with Crippen LogP contribution in [0.2, 0.25) is 0 Å². The van der Waals surface area contributed by atoms with Gasteiger partial charge in [-0.3, -0.25) is 0 Å². The largest absolute Gasteiger partial charge is 0.396 e. The highest BCUT2D eigenvalue weighted by atomic mass is 16.5. The average molecular weight is 190 g/mol. The topological polar surface area (TPSA) is 58.7 Å². The van der Waals surface area contributed by atoms with E-state index in [1.165, 1.54) is 0 Å². The van der Waals surface area contributed by atoms with Crippen LogP contribution in [0.15, 0.2) is 0 Å². The van der Waals surface area contributed by atoms with Crippen molar-refractivity contribution in [3.63, 3.8) is 0 Å². The van der Waals surface area contributed by atoms with Crippen LogP contribution in [0, 0.1) is 5.92 Å². The Labute approximate surface area is 80.7 Å². The number of aliphatic hydroxyl groups excluding tert-OH is 1. The van der Waals surface area contributed by atoms with E-state index in [1.807, 2.05) is 14.0 Å². The molecule has 0 radical (unpaired) electrons. The van der Waals surface area contributed by atoms with E-state index in [9.17, 15) is 0 Å². The van der Waals surface area contributed by atoms with Gasteiger partial charge < -0.3 is 20.5 Å². The van der Waals surface area contributed by atoms with Gasteiger partial charge in [-0.25, -0.2) is 0 Å². The molecule has 0 spiro atoms. The monoisotopic (exact) mass is 190 g/mol. The fourth-order valence-electron chi connectivity index (χ4n) is 1.33. The summed E-state index contributed by atoms with van der Waals surface area (Å²) < 4.78 is 4.93. The van der Waals surface area contributed by atoms with Gasteiger partial charge >= 0.3 is 0 Å². The molecular formula is C9H22N2O2. The molecule has 0 fully saturated rings. The molecule has 13 heavy (non-hydrogen) atoms. The quantitative estimate of drug-likeness (QED) is 0.569. The first-order valence-electron chi connectivity index (χ1n) is 4.64. The van der Waals surface area contributed by atoms with Crippen LogP contribution in [0.4, 0.5) is 0 Å². The zero-order valence-electron chi connectivity index (χ0n) is 8.86. The van der Waals surface area contributed by atoms with E-state index in [4.69, 9.17) is 15.6 Å². The normalized spacial score (nSPS) is 16.2. The third-order valence-electron chi connectivity index (χ3n) is 1.86. The van der Waals surface area contributed by atoms with Crippen LogP contribution in [0.3, 0.4) is 0 Å². The molecule has 0 saturated carbocycles. The SMILES string of the molecule is COCC(N)CN(C)CC(C)CO. The smallest absolute Gasteiger partial charge is 0.0626 e. The van der Waals surface area contributed by atoms with Gasteiger partial charge in [-0.1, -0.05) is 6.92 Å². The molecule has 0 saturated heterocycles. The summed E-state index contributed by atoms with van der Waals surface area (Å²) in [7, 11) is 3.65. The number of methoxy groups -OCH3 is 1. The first-order chi connectivity index (χ1) is 6.10. The van der Waals surface area contributed by atoms with Crippen LogP contribution in [-0.2, 0) is 4.74 Å². The van der Waals surface area contributed by atoms with Crippen LogP contribution < -0.4 is 5.73 Å². The van der Waals surface area contributed by atoms with Crippen molar-refractivity contribution in [2.45, 2.75) is 13.0 Å². The van der Waals surface area contributed by atoms with Crippen LogP contribution in [-0.4, -0.2) is 56.5 Å². The predicted octanol–water partition coefficient (Wildman–Crippen LogP) is -0.480. The molecule has 0 aromatic carbocycles. The highest BCUT2D eigenvalue weighted by Crippen LogP contribution is 1.97. The Balaban J connectivity index is 3.54. The zero-order chi connectivity index (χ0) is 10.3. The molecule has 4 nitrogen and oxygen atoms in total. The van der Waals surface area contributed by atoms with E-state index in [1.54, 1.807) is 7.11 Å². The van der Waals surface area contributed by atoms with Gasteiger partial charge in [0.15, 0.2) is 0 Å². The summed E-state index contributed by atoms with van der Waals surface area (Å²) >= 11 is 0. The predicted molar refractivity (Wildman–Crippen MR) is 53.6 cm³/mol. The van der Waals surface area contributed by atoms with Gasteiger partial charge in [0.1, 0.15) is 0 Å². The van der Waals surface area contributed by atoms with Crippen molar-refractivity contribution in [1.82, 2.24) is 4.90 Å². The molecule has 0 bridgehead atoms. The minimum atomic E-state index is 0.0564. The Morgan fingerprint density at radius 1 is 1.46 bits per heavy atom. The average Bonchev–Trinajstić information content (AvgIpc) is 2.04. The molecule has 0 aliphatic carbocycles. The van der Waals surface area contributed by atoms with Gasteiger partial charge in [-0.05, 0) is 13.0 Å². The highest BCUT2D eigenvalue weighted by Gasteiger charge is 2.09. The van der Waals surface area contributed by atoms with Crippen molar-refractivity contribution in [2.24, 2.45) is 11.7 Å². The van der Waals surface area contributed by atoms with Crippen LogP contribution in [0.25, 0.3) is 0 Å². The third kappa shape index (κ3) is 6.95. The Morgan fingerprint density at radius 2 is 2.08 bits per heavy atom. The Kier molecular flexibility index (Phi) is 7.17. The maximum atomic E-state index is 8.84. The fourth-order valence-corrected chi connectivity index (χ4v) is 1.33. The number of nitrogens with two attached hydrogens (primary N) is 1. The van der Waals surface area contributed by atoms with Gasteiger partial charge in [0.05, 0.1) is 6.61 Å². The summed E-state index contributed by atoms with van der Waals surface area (Å²) in [5, 5.41) is 8.84. The lowest BCUT2D eigenvalue weighted by molar-refractivity contribution is 0.146. The second-order valence-electron chi connectivity index (χ2n) is 3.72. The molecule has 0 heterocycles. The molecule has 80 valence electrons. The van der Waals surface area contributed by atoms with Gasteiger partial charge in [0.25, 0.3) is 0 Å². The lowest BCUT2D eigenvalue weighted by atomic mass is 10.2. The summed E-state index contributed by atoms with van der Waals surface area (Å²) in [4.78, 5) is 2.12. The number of aliphatic hydroxyl groups is 1. The van der Waals surface area contributed by atoms with Gasteiger partial charge in [0.2, 0.25) is 0 Å². The zero-order valence-corrected chi connectivity index (χ0v) is 8.86. The van der Waals surface area contributed by atoms with Gasteiger partial charge in [-0.2, -0.15) is 0 Å². The first-order valence-corrected chi connectivity index (χ1v) is 4.64. The van der Waals surface area contributed by atoms with Crippen molar-refractivity contribution >= 4 is 0 Å². The first kappa shape index (κ1) is 12.8. The lowest BCUT2D eigenvalue weighted by Gasteiger charge is -2.23. The Bertz CT molecular complexity index is 122. The van der Waals surface area contributed by atoms with E-state index in [-0.39, 0.29) is 12.6 Å². The third-order valence-corrected chi connectivity index (χ3v) is 1.86. The van der Waals surface area contributed by atoms with Crippen LogP contribution in [0.5, 0.6) is 0 Å². The number of likely N-dealkylation sites (N-methyl/N-ethyl adjacent to an activating group) is 1. The standard InChI is InChI=1S/C9H22N2O2/c1-8(6-12)4-11(2)5-9(10)7-13-3/h8-9,12H,4-7,10H2,1-3H3. The number of hydrogen-bond donors (Lipinski definition) is 2. The number of hydrogen-bond acceptors (Lipinski definition) is 4. The molecule has 4 heteroatoms. The molecular weight excluding hydrogens is 168 g/mol. The minimum absolute atomic E-state index is 0.0564. The van der Waals surface area contributed by atoms with Crippen LogP contribution in [0.1, 0.15) is 6.92 Å². The molecule has 0 aromatic heterocycles. The van der Waals surface area contributed by atoms with E-state index in [0.717, 1.165) is 13.1 Å². The fraction of sp³-hybridized carbons (Fsp3) is 1.00. The van der Waals surface area contributed by atoms with Crippen molar-refractivity contribution in [2.75, 3.05) is 40.5 Å². The second-order valence-corrected chi connectivity index (χ2v) is 3.72. The van der Waals surface area contributed by atoms with E-state index >= 15 is 0 Å². The molecule has 0 rings (SSSR count). The molecule has 2 atom stereocenters. The highest BCUT2D eigenvalue weighted by molar-refractivity contribution is 4.66. The molecule has 0 amide bonds. The van der Waals surface area contributed by atoms with Crippen molar-refractivity contribution < 1.29 is 9.84 Å². The summed E-state index contributed by atoms with van der Waals surface area (Å²) in [6.07, 6.45) is 0. The summed E-state index contributed by atoms with van der Waals surface area (Å²) in [5.74, 6) is 0.305. The maximum absolute atomic E-state index is 8.84. The van der Waals surface area contributed by atoms with Gasteiger partial charge in [0, 0.05) is 32.8 Å². The molecule has 0 aliphatic rings. The molecule has 3 N–H and O–H groups in total.